The normalized spacial score (nSPS) is 14.8. The molecule has 0 radical (unpaired) electrons. The van der Waals surface area contributed by atoms with Gasteiger partial charge in [0.2, 0.25) is 0 Å². The predicted molar refractivity (Wildman–Crippen MR) is 129 cm³/mol. The highest BCUT2D eigenvalue weighted by molar-refractivity contribution is 5.95. The molecule has 0 saturated carbocycles. The highest BCUT2D eigenvalue weighted by atomic mass is 16.5. The summed E-state index contributed by atoms with van der Waals surface area (Å²) in [6, 6.07) is 21.3. The highest BCUT2D eigenvalue weighted by Gasteiger charge is 2.38. The molecule has 3 aromatic carbocycles. The van der Waals surface area contributed by atoms with Gasteiger partial charge in [-0.3, -0.25) is 4.90 Å². The van der Waals surface area contributed by atoms with Crippen LogP contribution in [0, 0.1) is 0 Å². The first-order valence-corrected chi connectivity index (χ1v) is 11.2. The molecule has 0 aromatic heterocycles. The lowest BCUT2D eigenvalue weighted by molar-refractivity contribution is -0.142. The zero-order chi connectivity index (χ0) is 24.1. The lowest BCUT2D eigenvalue weighted by Crippen LogP contribution is -2.53. The van der Waals surface area contributed by atoms with Gasteiger partial charge in [0.25, 0.3) is 0 Å². The van der Waals surface area contributed by atoms with E-state index < -0.39 is 12.0 Å². The minimum absolute atomic E-state index is 0.129. The molecule has 7 nitrogen and oxygen atoms in total. The molecule has 1 heterocycles. The third kappa shape index (κ3) is 4.69. The number of fused-ring (bicyclic) bond motifs is 1. The summed E-state index contributed by atoms with van der Waals surface area (Å²) < 4.78 is 11.7. The van der Waals surface area contributed by atoms with E-state index in [1.165, 1.54) is 4.90 Å². The Bertz CT molecular complexity index is 1150. The van der Waals surface area contributed by atoms with E-state index in [4.69, 9.17) is 9.47 Å². The van der Waals surface area contributed by atoms with E-state index in [1.807, 2.05) is 73.7 Å². The van der Waals surface area contributed by atoms with Gasteiger partial charge in [0.1, 0.15) is 12.6 Å². The molecule has 176 valence electrons. The van der Waals surface area contributed by atoms with Crippen LogP contribution in [-0.2, 0) is 24.4 Å². The van der Waals surface area contributed by atoms with Gasteiger partial charge in [-0.15, -0.1) is 0 Å². The van der Waals surface area contributed by atoms with E-state index in [0.717, 1.165) is 22.4 Å². The first kappa shape index (κ1) is 23.2. The van der Waals surface area contributed by atoms with Crippen molar-refractivity contribution in [3.63, 3.8) is 0 Å². The Hall–Kier alpha value is -4.00. The molecule has 1 aliphatic rings. The van der Waals surface area contributed by atoms with Gasteiger partial charge >= 0.3 is 12.0 Å². The molecule has 0 fully saturated rings. The van der Waals surface area contributed by atoms with Crippen LogP contribution in [0.4, 0.5) is 10.5 Å². The second kappa shape index (κ2) is 10.3. The van der Waals surface area contributed by atoms with Crippen molar-refractivity contribution in [2.75, 3.05) is 18.6 Å². The maximum atomic E-state index is 13.5. The molecule has 1 atom stereocenters. The van der Waals surface area contributed by atoms with Crippen LogP contribution in [0.3, 0.4) is 0 Å². The van der Waals surface area contributed by atoms with Gasteiger partial charge in [-0.2, -0.15) is 0 Å². The van der Waals surface area contributed by atoms with Crippen LogP contribution in [0.5, 0.6) is 11.5 Å². The van der Waals surface area contributed by atoms with Gasteiger partial charge in [-0.25, -0.2) is 9.59 Å². The smallest absolute Gasteiger partial charge is 0.326 e. The van der Waals surface area contributed by atoms with Crippen LogP contribution in [0.25, 0.3) is 0 Å². The average molecular weight is 461 g/mol. The molecule has 0 bridgehead atoms. The number of hydrogen-bond donors (Lipinski definition) is 1. The average Bonchev–Trinajstić information content (AvgIpc) is 2.87. The van der Waals surface area contributed by atoms with Crippen molar-refractivity contribution in [1.29, 1.82) is 0 Å². The van der Waals surface area contributed by atoms with Gasteiger partial charge in [0.05, 0.1) is 7.11 Å². The van der Waals surface area contributed by atoms with Crippen molar-refractivity contribution >= 4 is 17.7 Å². The van der Waals surface area contributed by atoms with Gasteiger partial charge < -0.3 is 19.5 Å². The van der Waals surface area contributed by atoms with E-state index >= 15 is 0 Å². The number of amides is 2. The molecule has 1 aliphatic heterocycles. The van der Waals surface area contributed by atoms with Crippen LogP contribution in [0.2, 0.25) is 0 Å². The molecular weight excluding hydrogens is 432 g/mol. The molecular formula is C27H28N2O5. The number of rotatable bonds is 7. The number of nitrogens with zero attached hydrogens (tertiary/aromatic N) is 2. The van der Waals surface area contributed by atoms with E-state index in [0.29, 0.717) is 24.7 Å². The van der Waals surface area contributed by atoms with Crippen LogP contribution in [0.1, 0.15) is 23.6 Å². The van der Waals surface area contributed by atoms with Crippen molar-refractivity contribution in [1.82, 2.24) is 4.90 Å². The highest BCUT2D eigenvalue weighted by Crippen LogP contribution is 2.39. The van der Waals surface area contributed by atoms with Crippen molar-refractivity contribution in [3.8, 4) is 11.5 Å². The molecule has 0 saturated heterocycles. The first-order valence-electron chi connectivity index (χ1n) is 11.2. The summed E-state index contributed by atoms with van der Waals surface area (Å²) in [5.41, 5.74) is 3.32. The zero-order valence-corrected chi connectivity index (χ0v) is 19.3. The van der Waals surface area contributed by atoms with Gasteiger partial charge in [0, 0.05) is 30.8 Å². The van der Waals surface area contributed by atoms with Crippen molar-refractivity contribution < 1.29 is 24.2 Å². The summed E-state index contributed by atoms with van der Waals surface area (Å²) in [5.74, 6) is 0.00983. The molecule has 4 rings (SSSR count). The number of para-hydroxylation sites is 1. The number of aliphatic carboxylic acids is 1. The molecule has 3 aromatic rings. The molecule has 0 aliphatic carbocycles. The topological polar surface area (TPSA) is 79.3 Å². The van der Waals surface area contributed by atoms with Crippen LogP contribution >= 0.6 is 0 Å². The summed E-state index contributed by atoms with van der Waals surface area (Å²) in [6.07, 6.45) is 0.129. The SMILES string of the molecule is CCN(C(=O)N1Cc2ccc(OC)c(OCc3ccccc3)c2CC1C(=O)O)c1ccccc1. The lowest BCUT2D eigenvalue weighted by Gasteiger charge is -2.38. The Morgan fingerprint density at radius 3 is 2.32 bits per heavy atom. The maximum absolute atomic E-state index is 13.5. The number of methoxy groups -OCH3 is 1. The van der Waals surface area contributed by atoms with Gasteiger partial charge in [-0.05, 0) is 36.2 Å². The maximum Gasteiger partial charge on any atom is 0.326 e. The number of anilines is 1. The largest absolute Gasteiger partial charge is 0.493 e. The Morgan fingerprint density at radius 1 is 1.03 bits per heavy atom. The van der Waals surface area contributed by atoms with Crippen molar-refractivity contribution in [2.45, 2.75) is 32.5 Å². The molecule has 34 heavy (non-hydrogen) atoms. The summed E-state index contributed by atoms with van der Waals surface area (Å²) in [6.45, 7) is 2.79. The Kier molecular flexibility index (Phi) is 7.01. The first-order chi connectivity index (χ1) is 16.5. The van der Waals surface area contributed by atoms with Crippen molar-refractivity contribution in [2.24, 2.45) is 0 Å². The third-order valence-electron chi connectivity index (χ3n) is 6.03. The monoisotopic (exact) mass is 460 g/mol. The second-order valence-corrected chi connectivity index (χ2v) is 8.06. The quantitative estimate of drug-likeness (QED) is 0.551. The van der Waals surface area contributed by atoms with Gasteiger partial charge in [-0.1, -0.05) is 54.6 Å². The number of carboxylic acid groups (broad SMARTS) is 1. The zero-order valence-electron chi connectivity index (χ0n) is 19.3. The van der Waals surface area contributed by atoms with E-state index in [9.17, 15) is 14.7 Å². The third-order valence-corrected chi connectivity index (χ3v) is 6.03. The Balaban J connectivity index is 1.67. The standard InChI is InChI=1S/C27H28N2O5/c1-3-28(21-12-8-5-9-13-21)27(32)29-17-20-14-15-24(33-2)25(22(20)16-23(29)26(30)31)34-18-19-10-6-4-7-11-19/h4-15,23H,3,16-18H2,1-2H3,(H,30,31). The summed E-state index contributed by atoms with van der Waals surface area (Å²) >= 11 is 0. The van der Waals surface area contributed by atoms with Crippen LogP contribution in [-0.4, -0.2) is 41.7 Å². The molecule has 1 N–H and O–H groups in total. The predicted octanol–water partition coefficient (Wildman–Crippen LogP) is 4.73. The van der Waals surface area contributed by atoms with Crippen molar-refractivity contribution in [3.05, 3.63) is 89.5 Å². The van der Waals surface area contributed by atoms with Crippen LogP contribution in [0.15, 0.2) is 72.8 Å². The minimum Gasteiger partial charge on any atom is -0.493 e. The number of benzene rings is 3. The van der Waals surface area contributed by atoms with Crippen LogP contribution < -0.4 is 14.4 Å². The summed E-state index contributed by atoms with van der Waals surface area (Å²) in [7, 11) is 1.56. The second-order valence-electron chi connectivity index (χ2n) is 8.06. The molecule has 1 unspecified atom stereocenters. The Labute approximate surface area is 199 Å². The number of carbonyl (C=O) groups excluding carboxylic acids is 1. The number of carboxylic acids is 1. The fraction of sp³-hybridized carbons (Fsp3) is 0.259. The number of carbonyl (C=O) groups is 2. The lowest BCUT2D eigenvalue weighted by atomic mass is 9.92. The molecule has 2 amide bonds. The fourth-order valence-electron chi connectivity index (χ4n) is 4.28. The molecule has 7 heteroatoms. The van der Waals surface area contributed by atoms with Gasteiger partial charge in [0.15, 0.2) is 11.5 Å². The summed E-state index contributed by atoms with van der Waals surface area (Å²) in [5, 5.41) is 10.0. The van der Waals surface area contributed by atoms with E-state index in [-0.39, 0.29) is 19.0 Å². The summed E-state index contributed by atoms with van der Waals surface area (Å²) in [4.78, 5) is 28.8. The molecule has 0 spiro atoms. The van der Waals surface area contributed by atoms with E-state index in [2.05, 4.69) is 0 Å². The fourth-order valence-corrected chi connectivity index (χ4v) is 4.28. The number of urea groups is 1. The van der Waals surface area contributed by atoms with E-state index in [1.54, 1.807) is 18.1 Å². The minimum atomic E-state index is -1.06. The number of hydrogen-bond acceptors (Lipinski definition) is 4. The number of ether oxygens (including phenoxy) is 2. The Morgan fingerprint density at radius 2 is 1.71 bits per heavy atom.